The number of hydrogen-bond donors (Lipinski definition) is 0. The Labute approximate surface area is 105 Å². The number of esters is 1. The number of aromatic nitrogens is 1. The molecule has 1 unspecified atom stereocenters. The number of pyridine rings is 1. The zero-order chi connectivity index (χ0) is 12.1. The van der Waals surface area contributed by atoms with Crippen LogP contribution in [-0.4, -0.2) is 30.3 Å². The lowest BCUT2D eigenvalue weighted by Gasteiger charge is -2.21. The second kappa shape index (κ2) is 5.98. The minimum Gasteiger partial charge on any atom is -0.459 e. The van der Waals surface area contributed by atoms with Crippen molar-refractivity contribution >= 4 is 17.6 Å². The van der Waals surface area contributed by atoms with Gasteiger partial charge in [0.2, 0.25) is 0 Å². The molecular formula is C12H14ClNO3. The molecule has 1 aromatic heterocycles. The molecule has 1 saturated heterocycles. The fraction of sp³-hybridized carbons (Fsp3) is 0.500. The molecule has 0 amide bonds. The summed E-state index contributed by atoms with van der Waals surface area (Å²) in [7, 11) is 0. The van der Waals surface area contributed by atoms with Gasteiger partial charge < -0.3 is 9.47 Å². The highest BCUT2D eigenvalue weighted by molar-refractivity contribution is 6.29. The maximum Gasteiger partial charge on any atom is 0.339 e. The van der Waals surface area contributed by atoms with Crippen LogP contribution in [0.25, 0.3) is 0 Å². The van der Waals surface area contributed by atoms with E-state index in [0.717, 1.165) is 25.9 Å². The first kappa shape index (κ1) is 12.3. The van der Waals surface area contributed by atoms with Crippen molar-refractivity contribution in [3.8, 4) is 0 Å². The number of carbonyl (C=O) groups excluding carboxylic acids is 1. The van der Waals surface area contributed by atoms with Gasteiger partial charge in [-0.05, 0) is 31.4 Å². The van der Waals surface area contributed by atoms with Gasteiger partial charge in [-0.2, -0.15) is 0 Å². The molecule has 0 aliphatic carbocycles. The molecule has 0 bridgehead atoms. The third kappa shape index (κ3) is 3.68. The third-order valence-corrected chi connectivity index (χ3v) is 2.86. The first-order chi connectivity index (χ1) is 8.25. The van der Waals surface area contributed by atoms with Crippen molar-refractivity contribution in [2.24, 2.45) is 0 Å². The van der Waals surface area contributed by atoms with Crippen LogP contribution in [0.4, 0.5) is 0 Å². The summed E-state index contributed by atoms with van der Waals surface area (Å²) in [6, 6.07) is 3.16. The molecule has 1 atom stereocenters. The summed E-state index contributed by atoms with van der Waals surface area (Å²) in [5, 5.41) is 0.358. The number of hydrogen-bond acceptors (Lipinski definition) is 4. The fourth-order valence-corrected chi connectivity index (χ4v) is 1.80. The Morgan fingerprint density at radius 2 is 2.41 bits per heavy atom. The lowest BCUT2D eigenvalue weighted by atomic mass is 10.1. The van der Waals surface area contributed by atoms with Crippen LogP contribution in [0.5, 0.6) is 0 Å². The molecule has 5 heteroatoms. The second-order valence-corrected chi connectivity index (χ2v) is 4.34. The largest absolute Gasteiger partial charge is 0.459 e. The van der Waals surface area contributed by atoms with Crippen molar-refractivity contribution in [2.45, 2.75) is 25.4 Å². The molecule has 1 fully saturated rings. The summed E-state index contributed by atoms with van der Waals surface area (Å²) in [6.07, 6.45) is 4.61. The van der Waals surface area contributed by atoms with Crippen LogP contribution in [0, 0.1) is 0 Å². The topological polar surface area (TPSA) is 48.4 Å². The number of halogens is 1. The van der Waals surface area contributed by atoms with E-state index in [1.54, 1.807) is 12.1 Å². The van der Waals surface area contributed by atoms with Crippen molar-refractivity contribution in [1.29, 1.82) is 0 Å². The number of nitrogens with zero attached hydrogens (tertiary/aromatic N) is 1. The third-order valence-electron chi connectivity index (χ3n) is 2.64. The molecule has 1 aromatic rings. The van der Waals surface area contributed by atoms with E-state index in [9.17, 15) is 4.79 Å². The van der Waals surface area contributed by atoms with Gasteiger partial charge in [0.25, 0.3) is 0 Å². The van der Waals surface area contributed by atoms with Crippen LogP contribution in [0.1, 0.15) is 29.6 Å². The van der Waals surface area contributed by atoms with E-state index in [1.807, 2.05) is 0 Å². The van der Waals surface area contributed by atoms with Gasteiger partial charge in [-0.15, -0.1) is 0 Å². The van der Waals surface area contributed by atoms with Gasteiger partial charge in [-0.25, -0.2) is 9.78 Å². The number of rotatable bonds is 3. The molecule has 0 aromatic carbocycles. The quantitative estimate of drug-likeness (QED) is 0.615. The van der Waals surface area contributed by atoms with Crippen LogP contribution in [0.3, 0.4) is 0 Å². The Balaban J connectivity index is 1.82. The van der Waals surface area contributed by atoms with Crippen LogP contribution in [0.2, 0.25) is 5.15 Å². The average Bonchev–Trinajstić information content (AvgIpc) is 2.38. The molecule has 1 aliphatic rings. The molecule has 1 aliphatic heterocycles. The number of carbonyl (C=O) groups is 1. The van der Waals surface area contributed by atoms with E-state index >= 15 is 0 Å². The zero-order valence-corrected chi connectivity index (χ0v) is 10.2. The van der Waals surface area contributed by atoms with Gasteiger partial charge >= 0.3 is 5.97 Å². The minimum absolute atomic E-state index is 0.0351. The van der Waals surface area contributed by atoms with E-state index in [0.29, 0.717) is 17.3 Å². The van der Waals surface area contributed by atoms with E-state index < -0.39 is 0 Å². The van der Waals surface area contributed by atoms with Gasteiger partial charge in [0.05, 0.1) is 11.7 Å². The van der Waals surface area contributed by atoms with Gasteiger partial charge in [0, 0.05) is 12.8 Å². The molecule has 0 radical (unpaired) electrons. The number of ether oxygens (including phenoxy) is 2. The molecule has 2 rings (SSSR count). The van der Waals surface area contributed by atoms with E-state index in [2.05, 4.69) is 4.98 Å². The summed E-state index contributed by atoms with van der Waals surface area (Å²) in [4.78, 5) is 15.5. The maximum absolute atomic E-state index is 11.6. The molecule has 0 saturated carbocycles. The van der Waals surface area contributed by atoms with Crippen molar-refractivity contribution < 1.29 is 14.3 Å². The van der Waals surface area contributed by atoms with Crippen LogP contribution >= 0.6 is 11.6 Å². The summed E-state index contributed by atoms with van der Waals surface area (Å²) >= 11 is 5.63. The minimum atomic E-state index is -0.386. The lowest BCUT2D eigenvalue weighted by molar-refractivity contribution is -0.0300. The van der Waals surface area contributed by atoms with Gasteiger partial charge in [-0.3, -0.25) is 0 Å². The SMILES string of the molecule is O=C(OCC1CCCCO1)c1ccc(Cl)nc1. The van der Waals surface area contributed by atoms with E-state index in [4.69, 9.17) is 21.1 Å². The highest BCUT2D eigenvalue weighted by Crippen LogP contribution is 2.13. The van der Waals surface area contributed by atoms with E-state index in [-0.39, 0.29) is 12.1 Å². The summed E-state index contributed by atoms with van der Waals surface area (Å²) in [5.41, 5.74) is 0.408. The van der Waals surface area contributed by atoms with Crippen molar-refractivity contribution in [3.63, 3.8) is 0 Å². The standard InChI is InChI=1S/C12H14ClNO3/c13-11-5-4-9(7-14-11)12(15)17-8-10-3-1-2-6-16-10/h4-5,7,10H,1-3,6,8H2. The van der Waals surface area contributed by atoms with Gasteiger partial charge in [0.1, 0.15) is 11.8 Å². The first-order valence-electron chi connectivity index (χ1n) is 5.66. The predicted molar refractivity (Wildman–Crippen MR) is 63.1 cm³/mol. The van der Waals surface area contributed by atoms with Crippen LogP contribution in [0.15, 0.2) is 18.3 Å². The lowest BCUT2D eigenvalue weighted by Crippen LogP contribution is -2.25. The predicted octanol–water partition coefficient (Wildman–Crippen LogP) is 2.46. The average molecular weight is 256 g/mol. The second-order valence-electron chi connectivity index (χ2n) is 3.96. The summed E-state index contributed by atoms with van der Waals surface area (Å²) in [6.45, 7) is 1.06. The molecule has 17 heavy (non-hydrogen) atoms. The molecule has 4 nitrogen and oxygen atoms in total. The van der Waals surface area contributed by atoms with Crippen molar-refractivity contribution in [2.75, 3.05) is 13.2 Å². The molecular weight excluding hydrogens is 242 g/mol. The Kier molecular flexibility index (Phi) is 4.34. The zero-order valence-electron chi connectivity index (χ0n) is 9.39. The normalized spacial score (nSPS) is 19.9. The van der Waals surface area contributed by atoms with Crippen LogP contribution < -0.4 is 0 Å². The highest BCUT2D eigenvalue weighted by Gasteiger charge is 2.16. The maximum atomic E-state index is 11.6. The van der Waals surface area contributed by atoms with E-state index in [1.165, 1.54) is 6.20 Å². The first-order valence-corrected chi connectivity index (χ1v) is 6.04. The Bertz CT molecular complexity index is 374. The molecule has 0 N–H and O–H groups in total. The Hall–Kier alpha value is -1.13. The van der Waals surface area contributed by atoms with Gasteiger partial charge in [-0.1, -0.05) is 11.6 Å². The summed E-state index contributed by atoms with van der Waals surface area (Å²) in [5.74, 6) is -0.386. The molecule has 2 heterocycles. The smallest absolute Gasteiger partial charge is 0.339 e. The van der Waals surface area contributed by atoms with Crippen molar-refractivity contribution in [3.05, 3.63) is 29.0 Å². The van der Waals surface area contributed by atoms with Gasteiger partial charge in [0.15, 0.2) is 0 Å². The molecule has 92 valence electrons. The fourth-order valence-electron chi connectivity index (χ4n) is 1.69. The monoisotopic (exact) mass is 255 g/mol. The summed E-state index contributed by atoms with van der Waals surface area (Å²) < 4.78 is 10.6. The van der Waals surface area contributed by atoms with Crippen LogP contribution in [-0.2, 0) is 9.47 Å². The van der Waals surface area contributed by atoms with Crippen molar-refractivity contribution in [1.82, 2.24) is 4.98 Å². The Morgan fingerprint density at radius 3 is 3.06 bits per heavy atom. The highest BCUT2D eigenvalue weighted by atomic mass is 35.5. The molecule has 0 spiro atoms. The Morgan fingerprint density at radius 1 is 1.53 bits per heavy atom.